The second kappa shape index (κ2) is 11.4. The predicted octanol–water partition coefficient (Wildman–Crippen LogP) is 12.0. The van der Waals surface area contributed by atoms with Crippen LogP contribution >= 0.6 is 0 Å². The van der Waals surface area contributed by atoms with Crippen LogP contribution in [0, 0.1) is 0 Å². The largest absolute Gasteiger partial charge is 0.456 e. The van der Waals surface area contributed by atoms with Crippen LogP contribution in [-0.4, -0.2) is 15.0 Å². The van der Waals surface area contributed by atoms with Crippen LogP contribution in [0.2, 0.25) is 0 Å². The first-order valence-electron chi connectivity index (χ1n) is 16.6. The molecule has 0 saturated carbocycles. The number of benzene rings is 6. The Bertz CT molecular complexity index is 2850. The molecule has 4 aromatic heterocycles. The highest BCUT2D eigenvalue weighted by molar-refractivity contribution is 6.17. The van der Waals surface area contributed by atoms with E-state index in [1.807, 2.05) is 66.9 Å². The summed E-state index contributed by atoms with van der Waals surface area (Å²) < 4.78 is 12.9. The van der Waals surface area contributed by atoms with Crippen LogP contribution in [-0.2, 0) is 0 Å². The summed E-state index contributed by atoms with van der Waals surface area (Å²) in [6.45, 7) is 0. The number of rotatable bonds is 5. The van der Waals surface area contributed by atoms with Gasteiger partial charge in [0, 0.05) is 50.6 Å². The molecule has 0 atom stereocenters. The van der Waals surface area contributed by atoms with Crippen molar-refractivity contribution in [1.29, 1.82) is 0 Å². The van der Waals surface area contributed by atoms with Crippen LogP contribution in [0.4, 0.5) is 0 Å². The molecule has 0 bridgehead atoms. The first-order valence-corrected chi connectivity index (χ1v) is 16.6. The fourth-order valence-electron chi connectivity index (χ4n) is 6.98. The number of aromatic nitrogens is 3. The minimum absolute atomic E-state index is 0.653. The van der Waals surface area contributed by atoms with E-state index < -0.39 is 0 Å². The van der Waals surface area contributed by atoms with Gasteiger partial charge in [-0.1, -0.05) is 109 Å². The lowest BCUT2D eigenvalue weighted by Gasteiger charge is -2.12. The summed E-state index contributed by atoms with van der Waals surface area (Å²) >= 11 is 0. The zero-order chi connectivity index (χ0) is 33.0. The van der Waals surface area contributed by atoms with Gasteiger partial charge in [0.25, 0.3) is 0 Å². The number of pyridine rings is 1. The number of nitrogens with zero attached hydrogens (tertiary/aromatic N) is 3. The Balaban J connectivity index is 1.18. The van der Waals surface area contributed by atoms with Crippen molar-refractivity contribution < 1.29 is 8.83 Å². The summed E-state index contributed by atoms with van der Waals surface area (Å²) in [5, 5.41) is 4.29. The molecule has 10 aromatic rings. The van der Waals surface area contributed by atoms with E-state index in [1.54, 1.807) is 6.20 Å². The molecule has 0 amide bonds. The van der Waals surface area contributed by atoms with Crippen LogP contribution in [0.1, 0.15) is 0 Å². The van der Waals surface area contributed by atoms with Gasteiger partial charge in [-0.15, -0.1) is 0 Å². The minimum atomic E-state index is 0.653. The van der Waals surface area contributed by atoms with Crippen molar-refractivity contribution in [3.63, 3.8) is 0 Å². The van der Waals surface area contributed by atoms with Crippen LogP contribution in [0.15, 0.2) is 173 Å². The fraction of sp³-hybridized carbons (Fsp3) is 0. The number of hydrogen-bond donors (Lipinski definition) is 0. The molecule has 0 aliphatic heterocycles. The van der Waals surface area contributed by atoms with Gasteiger partial charge in [0.1, 0.15) is 22.3 Å². The lowest BCUT2D eigenvalue weighted by atomic mass is 9.95. The van der Waals surface area contributed by atoms with Crippen LogP contribution in [0.3, 0.4) is 0 Å². The van der Waals surface area contributed by atoms with Crippen LogP contribution < -0.4 is 0 Å². The Morgan fingerprint density at radius 3 is 1.88 bits per heavy atom. The number of hydrogen-bond acceptors (Lipinski definition) is 5. The molecule has 0 spiro atoms. The van der Waals surface area contributed by atoms with E-state index in [-0.39, 0.29) is 0 Å². The van der Waals surface area contributed by atoms with Gasteiger partial charge in [0.05, 0.1) is 11.4 Å². The van der Waals surface area contributed by atoms with Gasteiger partial charge in [-0.2, -0.15) is 0 Å². The first-order chi connectivity index (χ1) is 24.8. The average molecular weight is 642 g/mol. The third-order valence-corrected chi connectivity index (χ3v) is 9.42. The Morgan fingerprint density at radius 2 is 1.06 bits per heavy atom. The highest BCUT2D eigenvalue weighted by Gasteiger charge is 2.20. The maximum Gasteiger partial charge on any atom is 0.160 e. The Kier molecular flexibility index (Phi) is 6.42. The molecular formula is C45H27N3O2. The molecule has 0 aliphatic carbocycles. The molecule has 4 heterocycles. The SMILES string of the molecule is c1ccc(-c2nc(-c3ccc(-c4cccnc4)cc3)cc(-c3ccc(-c4ccc5oc6ccccc6c5c4)c4c3oc3ccccc34)n2)cc1. The molecule has 0 unspecified atom stereocenters. The van der Waals surface area contributed by atoms with Crippen molar-refractivity contribution in [3.8, 4) is 56.2 Å². The maximum atomic E-state index is 6.71. The molecule has 6 aromatic carbocycles. The van der Waals surface area contributed by atoms with E-state index in [2.05, 4.69) is 96.0 Å². The van der Waals surface area contributed by atoms with Gasteiger partial charge < -0.3 is 8.83 Å². The number of fused-ring (bicyclic) bond motifs is 6. The number of para-hydroxylation sites is 2. The van der Waals surface area contributed by atoms with E-state index in [1.165, 1.54) is 0 Å². The van der Waals surface area contributed by atoms with Crippen molar-refractivity contribution in [1.82, 2.24) is 15.0 Å². The zero-order valence-electron chi connectivity index (χ0n) is 26.7. The zero-order valence-corrected chi connectivity index (χ0v) is 26.7. The van der Waals surface area contributed by atoms with Crippen molar-refractivity contribution in [3.05, 3.63) is 164 Å². The molecule has 234 valence electrons. The van der Waals surface area contributed by atoms with Gasteiger partial charge in [-0.3, -0.25) is 4.98 Å². The van der Waals surface area contributed by atoms with Gasteiger partial charge in [-0.05, 0) is 64.7 Å². The summed E-state index contributed by atoms with van der Waals surface area (Å²) in [5.74, 6) is 0.653. The van der Waals surface area contributed by atoms with Crippen LogP contribution in [0.5, 0.6) is 0 Å². The van der Waals surface area contributed by atoms with E-state index in [4.69, 9.17) is 18.8 Å². The van der Waals surface area contributed by atoms with E-state index >= 15 is 0 Å². The molecule has 10 rings (SSSR count). The molecule has 0 saturated heterocycles. The molecular weight excluding hydrogens is 615 g/mol. The third-order valence-electron chi connectivity index (χ3n) is 9.42. The first kappa shape index (κ1) is 28.2. The molecule has 5 nitrogen and oxygen atoms in total. The molecule has 50 heavy (non-hydrogen) atoms. The lowest BCUT2D eigenvalue weighted by molar-refractivity contribution is 0.669. The monoisotopic (exact) mass is 641 g/mol. The van der Waals surface area contributed by atoms with Gasteiger partial charge in [-0.25, -0.2) is 9.97 Å². The Morgan fingerprint density at radius 1 is 0.400 bits per heavy atom. The molecule has 0 radical (unpaired) electrons. The standard InChI is InChI=1S/C45H27N3O2/c1-2-9-30(10-3-1)45-47-38(29-18-16-28(17-19-29)32-11-8-24-46-27-32)26-39(48-45)35-22-21-33(43-36-13-5-7-15-41(36)50-44(35)43)31-20-23-42-37(25-31)34-12-4-6-14-40(34)49-42/h1-27H. The van der Waals surface area contributed by atoms with E-state index in [0.29, 0.717) is 5.82 Å². The summed E-state index contributed by atoms with van der Waals surface area (Å²) in [6, 6.07) is 51.8. The lowest BCUT2D eigenvalue weighted by Crippen LogP contribution is -1.96. The Labute approximate surface area is 287 Å². The molecule has 0 fully saturated rings. The maximum absolute atomic E-state index is 6.71. The predicted molar refractivity (Wildman–Crippen MR) is 202 cm³/mol. The fourth-order valence-corrected chi connectivity index (χ4v) is 6.98. The highest BCUT2D eigenvalue weighted by atomic mass is 16.3. The summed E-state index contributed by atoms with van der Waals surface area (Å²) in [7, 11) is 0. The van der Waals surface area contributed by atoms with Crippen LogP contribution in [0.25, 0.3) is 100 Å². The number of furan rings is 2. The third kappa shape index (κ3) is 4.67. The highest BCUT2D eigenvalue weighted by Crippen LogP contribution is 2.43. The second-order valence-corrected chi connectivity index (χ2v) is 12.4. The topological polar surface area (TPSA) is 65.0 Å². The van der Waals surface area contributed by atoms with Crippen molar-refractivity contribution in [2.75, 3.05) is 0 Å². The molecule has 0 aliphatic rings. The quantitative estimate of drug-likeness (QED) is 0.187. The van der Waals surface area contributed by atoms with Crippen molar-refractivity contribution >= 4 is 43.9 Å². The van der Waals surface area contributed by atoms with E-state index in [9.17, 15) is 0 Å². The summed E-state index contributed by atoms with van der Waals surface area (Å²) in [5.41, 5.74) is 12.2. The van der Waals surface area contributed by atoms with Gasteiger partial charge >= 0.3 is 0 Å². The van der Waals surface area contributed by atoms with E-state index in [0.717, 1.165) is 94.2 Å². The smallest absolute Gasteiger partial charge is 0.160 e. The van der Waals surface area contributed by atoms with Crippen molar-refractivity contribution in [2.24, 2.45) is 0 Å². The minimum Gasteiger partial charge on any atom is -0.456 e. The summed E-state index contributed by atoms with van der Waals surface area (Å²) in [6.07, 6.45) is 3.67. The molecule has 5 heteroatoms. The van der Waals surface area contributed by atoms with Gasteiger partial charge in [0.15, 0.2) is 5.82 Å². The normalized spacial score (nSPS) is 11.6. The summed E-state index contributed by atoms with van der Waals surface area (Å²) in [4.78, 5) is 14.5. The average Bonchev–Trinajstić information content (AvgIpc) is 3.77. The van der Waals surface area contributed by atoms with Crippen molar-refractivity contribution in [2.45, 2.75) is 0 Å². The molecule has 0 N–H and O–H groups in total. The Hall–Kier alpha value is -6.85. The second-order valence-electron chi connectivity index (χ2n) is 12.4. The van der Waals surface area contributed by atoms with Gasteiger partial charge in [0.2, 0.25) is 0 Å².